The molecule has 1 rings (SSSR count). The van der Waals surface area contributed by atoms with Crippen LogP contribution in [-0.4, -0.2) is 6.09 Å². The number of rotatable bonds is 8. The van der Waals surface area contributed by atoms with Crippen LogP contribution in [0.3, 0.4) is 0 Å². The van der Waals surface area contributed by atoms with E-state index >= 15 is 0 Å². The van der Waals surface area contributed by atoms with Crippen molar-refractivity contribution in [3.05, 3.63) is 29.8 Å². The van der Waals surface area contributed by atoms with E-state index in [-0.39, 0.29) is 0 Å². The third kappa shape index (κ3) is 6.28. The summed E-state index contributed by atoms with van der Waals surface area (Å²) in [5.74, 6) is 0. The zero-order valence-electron chi connectivity index (χ0n) is 11.1. The Balaban J connectivity index is 2.20. The molecule has 0 aliphatic heterocycles. The summed E-state index contributed by atoms with van der Waals surface area (Å²) in [4.78, 5) is 10.3. The number of benzene rings is 1. The molecule has 0 aliphatic rings. The summed E-state index contributed by atoms with van der Waals surface area (Å²) in [6, 6.07) is 7.50. The van der Waals surface area contributed by atoms with E-state index in [9.17, 15) is 9.90 Å². The van der Waals surface area contributed by atoms with Gasteiger partial charge >= 0.3 is 6.09 Å². The molecule has 3 nitrogen and oxygen atoms in total. The molecule has 18 heavy (non-hydrogen) atoms. The van der Waals surface area contributed by atoms with Gasteiger partial charge in [-0.1, -0.05) is 51.2 Å². The van der Waals surface area contributed by atoms with E-state index in [1.807, 2.05) is 12.1 Å². The number of amides is 1. The highest BCUT2D eigenvalue weighted by Gasteiger charge is 1.99. The van der Waals surface area contributed by atoms with Gasteiger partial charge in [0.05, 0.1) is 0 Å². The standard InChI is InChI=1S/C15H22NO2/c1-2-3-4-5-6-7-8-13-9-11-14(12-10-13)16-15(17)18/h9-12,16H,2-8H2,1H3. The van der Waals surface area contributed by atoms with Crippen molar-refractivity contribution in [2.24, 2.45) is 0 Å². The van der Waals surface area contributed by atoms with Gasteiger partial charge in [-0.2, -0.15) is 0 Å². The second-order valence-electron chi connectivity index (χ2n) is 4.63. The highest BCUT2D eigenvalue weighted by molar-refractivity contribution is 5.82. The number of aryl methyl sites for hydroxylation is 1. The number of hydrogen-bond donors (Lipinski definition) is 1. The molecule has 0 saturated carbocycles. The molecule has 99 valence electrons. The number of hydrogen-bond acceptors (Lipinski definition) is 1. The lowest BCUT2D eigenvalue weighted by molar-refractivity contribution is 0.185. The number of anilines is 1. The van der Waals surface area contributed by atoms with E-state index in [1.165, 1.54) is 44.1 Å². The maximum absolute atomic E-state index is 10.3. The van der Waals surface area contributed by atoms with Crippen molar-refractivity contribution < 1.29 is 9.90 Å². The molecule has 0 bridgehead atoms. The highest BCUT2D eigenvalue weighted by atomic mass is 16.4. The molecular weight excluding hydrogens is 226 g/mol. The second-order valence-corrected chi connectivity index (χ2v) is 4.63. The summed E-state index contributed by atoms with van der Waals surface area (Å²) >= 11 is 0. The van der Waals surface area contributed by atoms with Crippen LogP contribution < -0.4 is 5.32 Å². The van der Waals surface area contributed by atoms with E-state index in [1.54, 1.807) is 12.1 Å². The molecule has 1 radical (unpaired) electrons. The van der Waals surface area contributed by atoms with Gasteiger partial charge in [0.25, 0.3) is 0 Å². The molecular formula is C15H22NO2. The summed E-state index contributed by atoms with van der Waals surface area (Å²) in [5, 5.41) is 12.6. The molecule has 0 heterocycles. The number of carbonyl (C=O) groups is 1. The summed E-state index contributed by atoms with van der Waals surface area (Å²) in [5.41, 5.74) is 1.83. The van der Waals surface area contributed by atoms with Gasteiger partial charge in [-0.25, -0.2) is 9.90 Å². The quantitative estimate of drug-likeness (QED) is 0.674. The molecule has 0 aliphatic carbocycles. The van der Waals surface area contributed by atoms with Gasteiger partial charge in [0, 0.05) is 5.69 Å². The van der Waals surface area contributed by atoms with Crippen LogP contribution >= 0.6 is 0 Å². The Morgan fingerprint density at radius 2 is 1.61 bits per heavy atom. The summed E-state index contributed by atoms with van der Waals surface area (Å²) in [6.45, 7) is 2.22. The minimum atomic E-state index is -1.27. The second kappa shape index (κ2) is 8.56. The van der Waals surface area contributed by atoms with E-state index in [2.05, 4.69) is 12.2 Å². The Morgan fingerprint density at radius 3 is 2.22 bits per heavy atom. The van der Waals surface area contributed by atoms with Crippen LogP contribution in [0.15, 0.2) is 24.3 Å². The van der Waals surface area contributed by atoms with Gasteiger partial charge in [0.15, 0.2) is 0 Å². The molecule has 1 aromatic rings. The largest absolute Gasteiger partial charge is 0.454 e. The predicted molar refractivity (Wildman–Crippen MR) is 73.2 cm³/mol. The number of carbonyl (C=O) groups excluding carboxylic acids is 1. The minimum absolute atomic E-state index is 0.571. The Kier molecular flexibility index (Phi) is 6.92. The number of unbranched alkanes of at least 4 members (excludes halogenated alkanes) is 5. The van der Waals surface area contributed by atoms with Crippen molar-refractivity contribution >= 4 is 11.8 Å². The van der Waals surface area contributed by atoms with Crippen molar-refractivity contribution in [1.82, 2.24) is 0 Å². The first-order chi connectivity index (χ1) is 8.72. The molecule has 0 atom stereocenters. The van der Waals surface area contributed by atoms with Crippen LogP contribution in [0.25, 0.3) is 0 Å². The van der Waals surface area contributed by atoms with Gasteiger partial charge < -0.3 is 0 Å². The molecule has 1 amide bonds. The molecule has 0 aromatic heterocycles. The Labute approximate surface area is 109 Å². The van der Waals surface area contributed by atoms with Gasteiger partial charge in [-0.05, 0) is 30.5 Å². The summed E-state index contributed by atoms with van der Waals surface area (Å²) in [7, 11) is 0. The zero-order chi connectivity index (χ0) is 13.2. The lowest BCUT2D eigenvalue weighted by Crippen LogP contribution is -2.05. The van der Waals surface area contributed by atoms with E-state index in [0.717, 1.165) is 6.42 Å². The average Bonchev–Trinajstić information content (AvgIpc) is 2.35. The molecule has 0 saturated heterocycles. The molecule has 0 unspecified atom stereocenters. The van der Waals surface area contributed by atoms with Crippen LogP contribution in [0.2, 0.25) is 0 Å². The van der Waals surface area contributed by atoms with Crippen molar-refractivity contribution in [1.29, 1.82) is 0 Å². The van der Waals surface area contributed by atoms with Crippen molar-refractivity contribution in [3.63, 3.8) is 0 Å². The fourth-order valence-electron chi connectivity index (χ4n) is 1.98. The topological polar surface area (TPSA) is 49.0 Å². The first-order valence-electron chi connectivity index (χ1n) is 6.79. The normalized spacial score (nSPS) is 10.3. The average molecular weight is 248 g/mol. The Morgan fingerprint density at radius 1 is 1.00 bits per heavy atom. The molecule has 1 aromatic carbocycles. The third-order valence-corrected chi connectivity index (χ3v) is 3.02. The molecule has 3 heteroatoms. The van der Waals surface area contributed by atoms with Crippen LogP contribution in [0, 0.1) is 0 Å². The van der Waals surface area contributed by atoms with Gasteiger partial charge in [-0.15, -0.1) is 0 Å². The third-order valence-electron chi connectivity index (χ3n) is 3.02. The van der Waals surface area contributed by atoms with Crippen LogP contribution in [-0.2, 0) is 11.5 Å². The van der Waals surface area contributed by atoms with Crippen molar-refractivity contribution in [3.8, 4) is 0 Å². The SMILES string of the molecule is CCCCCCCCc1ccc(NC([O])=O)cc1. The fourth-order valence-corrected chi connectivity index (χ4v) is 1.98. The molecule has 1 N–H and O–H groups in total. The monoisotopic (exact) mass is 248 g/mol. The first-order valence-corrected chi connectivity index (χ1v) is 6.79. The maximum atomic E-state index is 10.3. The fraction of sp³-hybridized carbons (Fsp3) is 0.533. The van der Waals surface area contributed by atoms with Crippen LogP contribution in [0.5, 0.6) is 0 Å². The zero-order valence-corrected chi connectivity index (χ0v) is 11.1. The summed E-state index contributed by atoms with van der Waals surface area (Å²) in [6.07, 6.45) is 7.56. The van der Waals surface area contributed by atoms with Crippen LogP contribution in [0.1, 0.15) is 51.0 Å². The van der Waals surface area contributed by atoms with Crippen molar-refractivity contribution in [2.75, 3.05) is 5.32 Å². The summed E-state index contributed by atoms with van der Waals surface area (Å²) < 4.78 is 0. The Bertz CT molecular complexity index is 346. The van der Waals surface area contributed by atoms with E-state index in [4.69, 9.17) is 0 Å². The predicted octanol–water partition coefficient (Wildman–Crippen LogP) is 4.55. The first kappa shape index (κ1) is 14.6. The smallest absolute Gasteiger partial charge is 0.288 e. The maximum Gasteiger partial charge on any atom is 0.454 e. The lowest BCUT2D eigenvalue weighted by atomic mass is 10.0. The minimum Gasteiger partial charge on any atom is -0.288 e. The number of nitrogens with one attached hydrogen (secondary N) is 1. The van der Waals surface area contributed by atoms with E-state index < -0.39 is 6.09 Å². The van der Waals surface area contributed by atoms with Gasteiger partial charge in [0.2, 0.25) is 0 Å². The van der Waals surface area contributed by atoms with Gasteiger partial charge in [-0.3, -0.25) is 5.32 Å². The molecule has 0 spiro atoms. The lowest BCUT2D eigenvalue weighted by Gasteiger charge is -2.04. The van der Waals surface area contributed by atoms with Crippen molar-refractivity contribution in [2.45, 2.75) is 51.9 Å². The highest BCUT2D eigenvalue weighted by Crippen LogP contribution is 2.13. The Hall–Kier alpha value is -1.51. The van der Waals surface area contributed by atoms with E-state index in [0.29, 0.717) is 5.69 Å². The van der Waals surface area contributed by atoms with Gasteiger partial charge in [0.1, 0.15) is 0 Å². The van der Waals surface area contributed by atoms with Crippen LogP contribution in [0.4, 0.5) is 10.5 Å². The molecule has 0 fully saturated rings.